The average Bonchev–Trinajstić information content (AvgIpc) is 3.14. The smallest absolute Gasteiger partial charge is 0.257 e. The fraction of sp³-hybridized carbons (Fsp3) is 0.444. The van der Waals surface area contributed by atoms with E-state index in [1.165, 1.54) is 42.2 Å². The summed E-state index contributed by atoms with van der Waals surface area (Å²) in [7, 11) is 0. The molecule has 1 saturated carbocycles. The van der Waals surface area contributed by atoms with E-state index in [4.69, 9.17) is 0 Å². The number of nitrogens with zero attached hydrogens (tertiary/aromatic N) is 1. The Bertz CT molecular complexity index is 720. The highest BCUT2D eigenvalue weighted by Crippen LogP contribution is 2.32. The van der Waals surface area contributed by atoms with Gasteiger partial charge in [-0.2, -0.15) is 0 Å². The molecule has 0 bridgehead atoms. The second-order valence-electron chi connectivity index (χ2n) is 6.49. The van der Waals surface area contributed by atoms with E-state index in [0.717, 1.165) is 18.5 Å². The van der Waals surface area contributed by atoms with Gasteiger partial charge in [0.25, 0.3) is 5.91 Å². The molecule has 1 heterocycles. The number of fused-ring (bicyclic) bond motifs is 1. The molecule has 1 aromatic carbocycles. The summed E-state index contributed by atoms with van der Waals surface area (Å²) in [4.78, 5) is 17.0. The van der Waals surface area contributed by atoms with Crippen molar-refractivity contribution in [3.05, 3.63) is 40.7 Å². The van der Waals surface area contributed by atoms with Crippen LogP contribution in [-0.2, 0) is 17.6 Å². The van der Waals surface area contributed by atoms with Gasteiger partial charge in [-0.25, -0.2) is 4.99 Å². The van der Waals surface area contributed by atoms with Gasteiger partial charge in [-0.1, -0.05) is 17.8 Å². The van der Waals surface area contributed by atoms with E-state index in [1.807, 2.05) is 6.07 Å². The summed E-state index contributed by atoms with van der Waals surface area (Å²) in [5.74, 6) is 0.992. The maximum atomic E-state index is 12.4. The first kappa shape index (κ1) is 14.8. The highest BCUT2D eigenvalue weighted by Gasteiger charge is 2.29. The number of carbonyl (C=O) groups is 1. The molecule has 1 aliphatic heterocycles. The molecule has 0 aromatic heterocycles. The Kier molecular flexibility index (Phi) is 3.89. The van der Waals surface area contributed by atoms with Crippen LogP contribution >= 0.6 is 11.8 Å². The van der Waals surface area contributed by atoms with Crippen molar-refractivity contribution >= 4 is 28.4 Å². The number of thioether (sulfide) groups is 1. The maximum absolute atomic E-state index is 12.4. The summed E-state index contributed by atoms with van der Waals surface area (Å²) in [6.45, 7) is 0.701. The van der Waals surface area contributed by atoms with Crippen LogP contribution in [0.1, 0.15) is 30.4 Å². The molecule has 0 saturated heterocycles. The third kappa shape index (κ3) is 3.15. The molecular weight excluding hydrogens is 308 g/mol. The molecule has 0 atom stereocenters. The van der Waals surface area contributed by atoms with E-state index < -0.39 is 0 Å². The summed E-state index contributed by atoms with van der Waals surface area (Å²) in [5.41, 5.74) is 4.00. The lowest BCUT2D eigenvalue weighted by Crippen LogP contribution is -2.29. The third-order valence-electron chi connectivity index (χ3n) is 4.64. The van der Waals surface area contributed by atoms with Gasteiger partial charge < -0.3 is 10.4 Å². The van der Waals surface area contributed by atoms with Crippen molar-refractivity contribution in [1.29, 1.82) is 0 Å². The van der Waals surface area contributed by atoms with Crippen molar-refractivity contribution in [1.82, 2.24) is 5.32 Å². The zero-order valence-electron chi connectivity index (χ0n) is 13.0. The van der Waals surface area contributed by atoms with Crippen molar-refractivity contribution < 1.29 is 9.90 Å². The Morgan fingerprint density at radius 1 is 1.30 bits per heavy atom. The maximum Gasteiger partial charge on any atom is 0.257 e. The summed E-state index contributed by atoms with van der Waals surface area (Å²) >= 11 is 1.43. The van der Waals surface area contributed by atoms with E-state index in [0.29, 0.717) is 28.8 Å². The Hall–Kier alpha value is -1.75. The number of carbonyl (C=O) groups excluding carboxylic acids is 1. The lowest BCUT2D eigenvalue weighted by atomic mass is 10.1. The van der Waals surface area contributed by atoms with Gasteiger partial charge in [0, 0.05) is 6.54 Å². The van der Waals surface area contributed by atoms with Crippen LogP contribution in [0, 0.1) is 5.92 Å². The second-order valence-corrected chi connectivity index (χ2v) is 7.45. The van der Waals surface area contributed by atoms with E-state index in [1.54, 1.807) is 0 Å². The van der Waals surface area contributed by atoms with Crippen LogP contribution in [-0.4, -0.2) is 28.4 Å². The Morgan fingerprint density at radius 2 is 2.13 bits per heavy atom. The first-order valence-electron chi connectivity index (χ1n) is 8.24. The molecule has 1 fully saturated rings. The number of aliphatic hydroxyl groups excluding tert-OH is 1. The number of hydrogen-bond acceptors (Lipinski definition) is 4. The number of hydrogen-bond donors (Lipinski definition) is 2. The third-order valence-corrected chi connectivity index (χ3v) is 5.62. The van der Waals surface area contributed by atoms with Crippen LogP contribution in [0.5, 0.6) is 0 Å². The molecule has 2 aliphatic carbocycles. The predicted molar refractivity (Wildman–Crippen MR) is 93.4 cm³/mol. The summed E-state index contributed by atoms with van der Waals surface area (Å²) in [5, 5.41) is 13.6. The van der Waals surface area contributed by atoms with Gasteiger partial charge in [-0.3, -0.25) is 4.79 Å². The predicted octanol–water partition coefficient (Wildman–Crippen LogP) is 3.29. The minimum absolute atomic E-state index is 0.142. The molecule has 1 amide bonds. The van der Waals surface area contributed by atoms with Gasteiger partial charge in [-0.15, -0.1) is 0 Å². The Morgan fingerprint density at radius 3 is 2.96 bits per heavy atom. The van der Waals surface area contributed by atoms with Gasteiger partial charge in [0.1, 0.15) is 16.4 Å². The van der Waals surface area contributed by atoms with Gasteiger partial charge in [0.15, 0.2) is 0 Å². The summed E-state index contributed by atoms with van der Waals surface area (Å²) in [6, 6.07) is 6.26. The number of rotatable bonds is 4. The second kappa shape index (κ2) is 6.04. The van der Waals surface area contributed by atoms with Crippen LogP contribution in [0.4, 0.5) is 5.69 Å². The van der Waals surface area contributed by atoms with Crippen molar-refractivity contribution in [3.63, 3.8) is 0 Å². The van der Waals surface area contributed by atoms with Crippen LogP contribution in [0.3, 0.4) is 0 Å². The number of benzene rings is 1. The molecule has 3 aliphatic rings. The zero-order valence-corrected chi connectivity index (χ0v) is 13.8. The minimum Gasteiger partial charge on any atom is -0.510 e. The molecule has 0 spiro atoms. The topological polar surface area (TPSA) is 61.7 Å². The van der Waals surface area contributed by atoms with Crippen molar-refractivity contribution in [3.8, 4) is 0 Å². The van der Waals surface area contributed by atoms with E-state index >= 15 is 0 Å². The molecule has 0 radical (unpaired) electrons. The largest absolute Gasteiger partial charge is 0.510 e. The molecule has 4 rings (SSSR count). The standard InChI is InChI=1S/C18H20N2O2S/c21-15-10-23-18(16(15)17(22)19-9-11-4-5-11)20-14-7-6-12-2-1-3-13(12)8-14/h6-8,11,21H,1-5,9-10H2,(H,19,22). The number of aliphatic imine (C=N–C) groups is 1. The van der Waals surface area contributed by atoms with Crippen molar-refractivity contribution in [2.24, 2.45) is 10.9 Å². The van der Waals surface area contributed by atoms with Crippen LogP contribution in [0.2, 0.25) is 0 Å². The number of aryl methyl sites for hydroxylation is 2. The number of aliphatic hydroxyl groups is 1. The fourth-order valence-electron chi connectivity index (χ4n) is 3.11. The minimum atomic E-state index is -0.195. The molecule has 120 valence electrons. The lowest BCUT2D eigenvalue weighted by molar-refractivity contribution is -0.117. The normalized spacial score (nSPS) is 21.8. The monoisotopic (exact) mass is 328 g/mol. The average molecular weight is 328 g/mol. The molecule has 23 heavy (non-hydrogen) atoms. The van der Waals surface area contributed by atoms with Crippen LogP contribution in [0.15, 0.2) is 34.5 Å². The molecule has 1 aromatic rings. The highest BCUT2D eigenvalue weighted by atomic mass is 32.2. The van der Waals surface area contributed by atoms with Crippen molar-refractivity contribution in [2.75, 3.05) is 12.3 Å². The first-order valence-corrected chi connectivity index (χ1v) is 9.23. The van der Waals surface area contributed by atoms with Crippen LogP contribution in [0.25, 0.3) is 0 Å². The number of nitrogens with one attached hydrogen (secondary N) is 1. The molecule has 0 unspecified atom stereocenters. The van der Waals surface area contributed by atoms with E-state index in [-0.39, 0.29) is 11.7 Å². The summed E-state index contributed by atoms with van der Waals surface area (Å²) in [6.07, 6.45) is 5.85. The zero-order chi connectivity index (χ0) is 15.8. The first-order chi connectivity index (χ1) is 11.2. The Balaban J connectivity index is 1.55. The van der Waals surface area contributed by atoms with Crippen molar-refractivity contribution in [2.45, 2.75) is 32.1 Å². The quantitative estimate of drug-likeness (QED) is 0.891. The number of amides is 1. The van der Waals surface area contributed by atoms with Gasteiger partial charge in [0.05, 0.1) is 11.4 Å². The van der Waals surface area contributed by atoms with Gasteiger partial charge >= 0.3 is 0 Å². The Labute approximate surface area is 140 Å². The van der Waals surface area contributed by atoms with Gasteiger partial charge in [0.2, 0.25) is 0 Å². The highest BCUT2D eigenvalue weighted by molar-refractivity contribution is 8.15. The molecule has 5 heteroatoms. The molecular formula is C18H20N2O2S. The fourth-order valence-corrected chi connectivity index (χ4v) is 4.06. The van der Waals surface area contributed by atoms with E-state index in [2.05, 4.69) is 22.4 Å². The SMILES string of the molecule is O=C(NCC1CC1)C1=C(O)CSC1=Nc1ccc2c(c1)CCC2. The molecule has 2 N–H and O–H groups in total. The lowest BCUT2D eigenvalue weighted by Gasteiger charge is -2.07. The molecule has 4 nitrogen and oxygen atoms in total. The van der Waals surface area contributed by atoms with Gasteiger partial charge in [-0.05, 0) is 61.3 Å². The summed E-state index contributed by atoms with van der Waals surface area (Å²) < 4.78 is 0. The van der Waals surface area contributed by atoms with E-state index in [9.17, 15) is 9.90 Å². The van der Waals surface area contributed by atoms with Crippen LogP contribution < -0.4 is 5.32 Å².